The van der Waals surface area contributed by atoms with Gasteiger partial charge in [-0.05, 0) is 23.8 Å². The lowest BCUT2D eigenvalue weighted by atomic mass is 10.1. The van der Waals surface area contributed by atoms with Gasteiger partial charge in [0, 0.05) is 14.1 Å². The van der Waals surface area contributed by atoms with Crippen LogP contribution in [0.1, 0.15) is 5.56 Å². The number of barbiturate groups is 1. The normalized spacial score (nSPS) is 15.2. The molecule has 1 aromatic carbocycles. The second-order valence-electron chi connectivity index (χ2n) is 4.86. The summed E-state index contributed by atoms with van der Waals surface area (Å²) in [7, 11) is 3.76. The molecular weight excluding hydrogens is 326 g/mol. The molecule has 0 radical (unpaired) electrons. The number of methoxy groups -OCH3 is 1. The van der Waals surface area contributed by atoms with E-state index in [9.17, 15) is 23.2 Å². The Bertz CT molecular complexity index is 707. The topological polar surface area (TPSA) is 76.2 Å². The van der Waals surface area contributed by atoms with Crippen molar-refractivity contribution in [2.24, 2.45) is 0 Å². The predicted molar refractivity (Wildman–Crippen MR) is 78.5 cm³/mol. The lowest BCUT2D eigenvalue weighted by molar-refractivity contribution is -0.134. The Hall–Kier alpha value is -2.97. The molecule has 9 heteroatoms. The fraction of sp³-hybridized carbons (Fsp3) is 0.267. The molecule has 7 nitrogen and oxygen atoms in total. The van der Waals surface area contributed by atoms with Gasteiger partial charge in [-0.1, -0.05) is 6.07 Å². The molecule has 1 fully saturated rings. The number of rotatable bonds is 4. The first kappa shape index (κ1) is 17.4. The predicted octanol–water partition coefficient (Wildman–Crippen LogP) is 1.73. The van der Waals surface area contributed by atoms with E-state index in [1.54, 1.807) is 0 Å². The Labute approximate surface area is 136 Å². The third kappa shape index (κ3) is 3.19. The number of alkyl halides is 2. The van der Waals surface area contributed by atoms with Crippen molar-refractivity contribution in [3.05, 3.63) is 29.3 Å². The number of hydrogen-bond donors (Lipinski definition) is 0. The van der Waals surface area contributed by atoms with Gasteiger partial charge in [-0.3, -0.25) is 19.4 Å². The number of benzene rings is 1. The fourth-order valence-electron chi connectivity index (χ4n) is 2.11. The summed E-state index contributed by atoms with van der Waals surface area (Å²) in [4.78, 5) is 37.4. The Morgan fingerprint density at radius 2 is 1.62 bits per heavy atom. The molecule has 1 heterocycles. The van der Waals surface area contributed by atoms with Crippen LogP contribution in [-0.4, -0.2) is 55.5 Å². The minimum Gasteiger partial charge on any atom is -0.493 e. The number of likely N-dealkylation sites (N-methyl/N-ethyl adjacent to an activating group) is 2. The lowest BCUT2D eigenvalue weighted by Gasteiger charge is -2.28. The first-order valence-electron chi connectivity index (χ1n) is 6.71. The van der Waals surface area contributed by atoms with Gasteiger partial charge in [-0.2, -0.15) is 8.78 Å². The van der Waals surface area contributed by atoms with Gasteiger partial charge in [0.2, 0.25) is 0 Å². The van der Waals surface area contributed by atoms with Crippen molar-refractivity contribution in [3.63, 3.8) is 0 Å². The monoisotopic (exact) mass is 340 g/mol. The number of carbonyl (C=O) groups excluding carboxylic acids is 3. The largest absolute Gasteiger partial charge is 0.493 e. The van der Waals surface area contributed by atoms with E-state index in [1.807, 2.05) is 0 Å². The zero-order valence-electron chi connectivity index (χ0n) is 13.1. The number of imide groups is 2. The third-order valence-electron chi connectivity index (χ3n) is 3.36. The van der Waals surface area contributed by atoms with Gasteiger partial charge in [-0.25, -0.2) is 4.79 Å². The summed E-state index contributed by atoms with van der Waals surface area (Å²) in [6.45, 7) is -3.06. The molecule has 1 aromatic rings. The van der Waals surface area contributed by atoms with Crippen molar-refractivity contribution in [3.8, 4) is 11.5 Å². The smallest absolute Gasteiger partial charge is 0.387 e. The van der Waals surface area contributed by atoms with Gasteiger partial charge in [0.25, 0.3) is 11.8 Å². The minimum absolute atomic E-state index is 0.0724. The van der Waals surface area contributed by atoms with Gasteiger partial charge in [0.15, 0.2) is 11.5 Å². The summed E-state index contributed by atoms with van der Waals surface area (Å²) in [6.07, 6.45) is 1.20. The maximum atomic E-state index is 12.4. The van der Waals surface area contributed by atoms with Gasteiger partial charge in [-0.15, -0.1) is 0 Å². The molecule has 1 aliphatic rings. The zero-order valence-corrected chi connectivity index (χ0v) is 13.1. The van der Waals surface area contributed by atoms with Crippen LogP contribution in [0.2, 0.25) is 0 Å². The minimum atomic E-state index is -3.06. The highest BCUT2D eigenvalue weighted by Crippen LogP contribution is 2.30. The molecular formula is C15H14F2N2O5. The van der Waals surface area contributed by atoms with E-state index in [2.05, 4.69) is 4.74 Å². The van der Waals surface area contributed by atoms with Gasteiger partial charge >= 0.3 is 12.6 Å². The maximum absolute atomic E-state index is 12.4. The molecule has 4 amide bonds. The molecule has 0 N–H and O–H groups in total. The number of hydrogen-bond acceptors (Lipinski definition) is 5. The number of carbonyl (C=O) groups is 3. The van der Waals surface area contributed by atoms with Crippen LogP contribution in [0, 0.1) is 0 Å². The van der Waals surface area contributed by atoms with E-state index in [1.165, 1.54) is 45.5 Å². The molecule has 0 aliphatic carbocycles. The van der Waals surface area contributed by atoms with E-state index in [-0.39, 0.29) is 22.6 Å². The van der Waals surface area contributed by atoms with Crippen molar-refractivity contribution >= 4 is 23.9 Å². The van der Waals surface area contributed by atoms with Crippen LogP contribution in [0.3, 0.4) is 0 Å². The summed E-state index contributed by atoms with van der Waals surface area (Å²) in [5.74, 6) is -1.73. The van der Waals surface area contributed by atoms with Crippen LogP contribution in [-0.2, 0) is 9.59 Å². The number of urea groups is 1. The zero-order chi connectivity index (χ0) is 18.0. The molecule has 0 aromatic heterocycles. The standard InChI is InChI=1S/C15H14F2N2O5/c1-18-12(20)9(13(21)19(2)15(18)22)6-8-4-5-10(23-3)11(7-8)24-14(16)17/h4-7,14H,1-3H3. The molecule has 0 unspecified atom stereocenters. The lowest BCUT2D eigenvalue weighted by Crippen LogP contribution is -2.52. The van der Waals surface area contributed by atoms with Crippen molar-refractivity contribution in [2.45, 2.75) is 6.61 Å². The van der Waals surface area contributed by atoms with Crippen molar-refractivity contribution in [1.29, 1.82) is 0 Å². The molecule has 0 bridgehead atoms. The van der Waals surface area contributed by atoms with Crippen LogP contribution in [0.25, 0.3) is 6.08 Å². The SMILES string of the molecule is COc1ccc(C=C2C(=O)N(C)C(=O)N(C)C2=O)cc1OC(F)F. The Morgan fingerprint density at radius 1 is 1.04 bits per heavy atom. The summed E-state index contributed by atoms with van der Waals surface area (Å²) in [5.41, 5.74) is -0.00735. The number of ether oxygens (including phenoxy) is 2. The van der Waals surface area contributed by atoms with Crippen molar-refractivity contribution in [2.75, 3.05) is 21.2 Å². The highest BCUT2D eigenvalue weighted by atomic mass is 19.3. The van der Waals surface area contributed by atoms with E-state index in [0.29, 0.717) is 0 Å². The van der Waals surface area contributed by atoms with E-state index in [4.69, 9.17) is 4.74 Å². The number of nitrogens with zero attached hydrogens (tertiary/aromatic N) is 2. The highest BCUT2D eigenvalue weighted by Gasteiger charge is 2.37. The second kappa shape index (κ2) is 6.65. The third-order valence-corrected chi connectivity index (χ3v) is 3.36. The molecule has 0 saturated carbocycles. The number of amides is 4. The first-order valence-corrected chi connectivity index (χ1v) is 6.71. The van der Waals surface area contributed by atoms with Crippen LogP contribution < -0.4 is 9.47 Å². The second-order valence-corrected chi connectivity index (χ2v) is 4.86. The van der Waals surface area contributed by atoms with Gasteiger partial charge in [0.1, 0.15) is 5.57 Å². The summed E-state index contributed by atoms with van der Waals surface area (Å²) in [5, 5.41) is 0. The molecule has 0 atom stereocenters. The molecule has 0 spiro atoms. The average molecular weight is 340 g/mol. The molecule has 2 rings (SSSR count). The molecule has 24 heavy (non-hydrogen) atoms. The summed E-state index contributed by atoms with van der Waals surface area (Å²) in [6, 6.07) is 3.27. The van der Waals surface area contributed by atoms with E-state index in [0.717, 1.165) is 9.80 Å². The molecule has 128 valence electrons. The molecule has 1 aliphatic heterocycles. The van der Waals surface area contributed by atoms with E-state index >= 15 is 0 Å². The van der Waals surface area contributed by atoms with Crippen LogP contribution in [0.5, 0.6) is 11.5 Å². The number of halogens is 2. The van der Waals surface area contributed by atoms with E-state index < -0.39 is 24.5 Å². The van der Waals surface area contributed by atoms with Crippen LogP contribution >= 0.6 is 0 Å². The summed E-state index contributed by atoms with van der Waals surface area (Å²) < 4.78 is 34.1. The highest BCUT2D eigenvalue weighted by molar-refractivity contribution is 6.30. The van der Waals surface area contributed by atoms with Gasteiger partial charge < -0.3 is 9.47 Å². The molecule has 1 saturated heterocycles. The summed E-state index contributed by atoms with van der Waals surface area (Å²) >= 11 is 0. The Balaban J connectivity index is 2.44. The van der Waals surface area contributed by atoms with Crippen molar-refractivity contribution in [1.82, 2.24) is 9.80 Å². The quantitative estimate of drug-likeness (QED) is 0.616. The van der Waals surface area contributed by atoms with Crippen LogP contribution in [0.15, 0.2) is 23.8 Å². The Morgan fingerprint density at radius 3 is 2.12 bits per heavy atom. The van der Waals surface area contributed by atoms with Gasteiger partial charge in [0.05, 0.1) is 7.11 Å². The van der Waals surface area contributed by atoms with Crippen molar-refractivity contribution < 1.29 is 32.6 Å². The first-order chi connectivity index (χ1) is 11.3. The fourth-order valence-corrected chi connectivity index (χ4v) is 2.11. The average Bonchev–Trinajstić information content (AvgIpc) is 2.55. The van der Waals surface area contributed by atoms with Crippen LogP contribution in [0.4, 0.5) is 13.6 Å². The maximum Gasteiger partial charge on any atom is 0.387 e. The Kier molecular flexibility index (Phi) is 4.82.